The van der Waals surface area contributed by atoms with Crippen LogP contribution in [-0.4, -0.2) is 32.9 Å². The summed E-state index contributed by atoms with van der Waals surface area (Å²) in [6.45, 7) is 0.109. The van der Waals surface area contributed by atoms with Crippen molar-refractivity contribution in [1.82, 2.24) is 0 Å². The lowest BCUT2D eigenvalue weighted by molar-refractivity contribution is -0.384. The molecule has 27 heavy (non-hydrogen) atoms. The molecule has 0 aliphatic rings. The Morgan fingerprint density at radius 3 is 2.44 bits per heavy atom. The van der Waals surface area contributed by atoms with Crippen LogP contribution in [0.25, 0.3) is 0 Å². The average molecular weight is 394 g/mol. The molecule has 0 bridgehead atoms. The molecule has 4 N–H and O–H groups in total. The molecule has 2 aromatic rings. The van der Waals surface area contributed by atoms with E-state index in [1.54, 1.807) is 24.3 Å². The smallest absolute Gasteiger partial charge is 0.293 e. The first-order valence-corrected chi connectivity index (χ1v) is 9.24. The second kappa shape index (κ2) is 8.47. The highest BCUT2D eigenvalue weighted by Gasteiger charge is 2.19. The Kier molecular flexibility index (Phi) is 6.32. The molecule has 0 aliphatic carbocycles. The maximum Gasteiger partial charge on any atom is 0.293 e. The van der Waals surface area contributed by atoms with Crippen LogP contribution < -0.4 is 20.5 Å². The fourth-order valence-corrected chi connectivity index (χ4v) is 2.73. The van der Waals surface area contributed by atoms with Gasteiger partial charge in [-0.1, -0.05) is 0 Å². The Bertz CT molecular complexity index is 944. The van der Waals surface area contributed by atoms with E-state index in [2.05, 4.69) is 10.6 Å². The topological polar surface area (TPSA) is 154 Å². The molecular formula is C16H18N4O6S. The Morgan fingerprint density at radius 1 is 1.22 bits per heavy atom. The number of carbonyl (C=O) groups is 1. The number of rotatable bonds is 8. The monoisotopic (exact) mass is 394 g/mol. The molecule has 2 rings (SSSR count). The number of methoxy groups -OCH3 is 1. The second-order valence-electron chi connectivity index (χ2n) is 5.43. The van der Waals surface area contributed by atoms with E-state index in [0.29, 0.717) is 11.4 Å². The van der Waals surface area contributed by atoms with E-state index in [1.165, 1.54) is 13.2 Å². The van der Waals surface area contributed by atoms with Gasteiger partial charge in [-0.3, -0.25) is 14.9 Å². The number of hydrogen-bond donors (Lipinski definition) is 3. The molecule has 11 heteroatoms. The van der Waals surface area contributed by atoms with Gasteiger partial charge in [-0.2, -0.15) is 0 Å². The largest absolute Gasteiger partial charge is 0.497 e. The van der Waals surface area contributed by atoms with E-state index >= 15 is 0 Å². The van der Waals surface area contributed by atoms with Gasteiger partial charge in [0, 0.05) is 24.7 Å². The molecule has 10 nitrogen and oxygen atoms in total. The summed E-state index contributed by atoms with van der Waals surface area (Å²) < 4.78 is 27.6. The van der Waals surface area contributed by atoms with Gasteiger partial charge < -0.3 is 15.4 Å². The molecule has 0 saturated heterocycles. The minimum absolute atomic E-state index is 0.0418. The number of nitrogens with one attached hydrogen (secondary N) is 2. The number of nitrogens with zero attached hydrogens (tertiary/aromatic N) is 1. The summed E-state index contributed by atoms with van der Waals surface area (Å²) in [7, 11) is -2.52. The fraction of sp³-hybridized carbons (Fsp3) is 0.188. The van der Waals surface area contributed by atoms with Gasteiger partial charge >= 0.3 is 0 Å². The third-order valence-corrected chi connectivity index (χ3v) is 4.45. The molecule has 0 unspecified atom stereocenters. The van der Waals surface area contributed by atoms with Crippen LogP contribution in [0.1, 0.15) is 6.42 Å². The van der Waals surface area contributed by atoms with Crippen LogP contribution in [0.3, 0.4) is 0 Å². The molecule has 0 fully saturated rings. The number of carbonyl (C=O) groups excluding carboxylic acids is 1. The molecule has 1 amide bonds. The van der Waals surface area contributed by atoms with Crippen LogP contribution in [-0.2, 0) is 14.8 Å². The van der Waals surface area contributed by atoms with E-state index in [4.69, 9.17) is 9.88 Å². The predicted octanol–water partition coefficient (Wildman–Crippen LogP) is 1.69. The highest BCUT2D eigenvalue weighted by molar-refractivity contribution is 7.89. The lowest BCUT2D eigenvalue weighted by atomic mass is 10.2. The predicted molar refractivity (Wildman–Crippen MR) is 99.2 cm³/mol. The number of nitro benzene ring substituents is 1. The van der Waals surface area contributed by atoms with Crippen molar-refractivity contribution in [3.8, 4) is 5.75 Å². The molecule has 144 valence electrons. The fourth-order valence-electron chi connectivity index (χ4n) is 2.20. The zero-order valence-corrected chi connectivity index (χ0v) is 15.2. The molecule has 0 saturated carbocycles. The lowest BCUT2D eigenvalue weighted by Crippen LogP contribution is -2.17. The molecule has 0 spiro atoms. The number of anilines is 2. The van der Waals surface area contributed by atoms with Crippen LogP contribution in [0.15, 0.2) is 47.4 Å². The van der Waals surface area contributed by atoms with Gasteiger partial charge in [0.2, 0.25) is 15.9 Å². The molecule has 0 heterocycles. The van der Waals surface area contributed by atoms with Crippen LogP contribution in [0.5, 0.6) is 5.75 Å². The van der Waals surface area contributed by atoms with E-state index in [9.17, 15) is 23.3 Å². The molecule has 0 radical (unpaired) electrons. The van der Waals surface area contributed by atoms with E-state index in [1.807, 2.05) is 0 Å². The van der Waals surface area contributed by atoms with Crippen molar-refractivity contribution < 1.29 is 22.9 Å². The third kappa shape index (κ3) is 5.66. The Hall–Kier alpha value is -3.18. The van der Waals surface area contributed by atoms with E-state index in [0.717, 1.165) is 12.1 Å². The normalized spacial score (nSPS) is 10.9. The van der Waals surface area contributed by atoms with Crippen molar-refractivity contribution in [3.05, 3.63) is 52.6 Å². The van der Waals surface area contributed by atoms with Gasteiger partial charge in [0.15, 0.2) is 0 Å². The number of sulfonamides is 1. The van der Waals surface area contributed by atoms with Gasteiger partial charge in [-0.15, -0.1) is 0 Å². The minimum atomic E-state index is -4.05. The van der Waals surface area contributed by atoms with E-state index in [-0.39, 0.29) is 29.5 Å². The summed E-state index contributed by atoms with van der Waals surface area (Å²) >= 11 is 0. The summed E-state index contributed by atoms with van der Waals surface area (Å²) in [5.41, 5.74) is 0.228. The summed E-state index contributed by atoms with van der Waals surface area (Å²) in [6.07, 6.45) is 0.0418. The van der Waals surface area contributed by atoms with Crippen molar-refractivity contribution >= 4 is 33.0 Å². The Labute approximate surface area is 155 Å². The second-order valence-corrected chi connectivity index (χ2v) is 7.00. The molecule has 0 aliphatic heterocycles. The Balaban J connectivity index is 1.97. The number of hydrogen-bond acceptors (Lipinski definition) is 7. The number of ether oxygens (including phenoxy) is 1. The molecule has 2 aromatic carbocycles. The van der Waals surface area contributed by atoms with Crippen molar-refractivity contribution in [2.24, 2.45) is 5.14 Å². The quantitative estimate of drug-likeness (QED) is 0.455. The van der Waals surface area contributed by atoms with Gasteiger partial charge in [0.25, 0.3) is 5.69 Å². The lowest BCUT2D eigenvalue weighted by Gasteiger charge is -2.09. The summed E-state index contributed by atoms with van der Waals surface area (Å²) in [5.74, 6) is 0.362. The van der Waals surface area contributed by atoms with E-state index < -0.39 is 20.6 Å². The maximum absolute atomic E-state index is 11.9. The standard InChI is InChI=1S/C16H18N4O6S/c1-26-12-4-2-11(3-5-12)19-16(21)8-9-18-14-7-6-13(27(17,24)25)10-15(14)20(22)23/h2-7,10,18H,8-9H2,1H3,(H,19,21)(H2,17,24,25). The summed E-state index contributed by atoms with van der Waals surface area (Å²) in [4.78, 5) is 22.0. The van der Waals surface area contributed by atoms with Gasteiger partial charge in [-0.25, -0.2) is 13.6 Å². The van der Waals surface area contributed by atoms with Crippen LogP contribution in [0.2, 0.25) is 0 Å². The maximum atomic E-state index is 11.9. The van der Waals surface area contributed by atoms with Crippen molar-refractivity contribution in [2.75, 3.05) is 24.3 Å². The number of benzene rings is 2. The first-order valence-electron chi connectivity index (χ1n) is 7.69. The summed E-state index contributed by atoms with van der Waals surface area (Å²) in [6, 6.07) is 10.0. The van der Waals surface area contributed by atoms with Crippen molar-refractivity contribution in [3.63, 3.8) is 0 Å². The molecule has 0 aromatic heterocycles. The van der Waals surface area contributed by atoms with Crippen molar-refractivity contribution in [2.45, 2.75) is 11.3 Å². The third-order valence-electron chi connectivity index (χ3n) is 3.54. The van der Waals surface area contributed by atoms with Crippen molar-refractivity contribution in [1.29, 1.82) is 0 Å². The van der Waals surface area contributed by atoms with Crippen LogP contribution >= 0.6 is 0 Å². The minimum Gasteiger partial charge on any atom is -0.497 e. The Morgan fingerprint density at radius 2 is 1.89 bits per heavy atom. The zero-order chi connectivity index (χ0) is 20.0. The summed E-state index contributed by atoms with van der Waals surface area (Å²) in [5, 5.41) is 21.5. The van der Waals surface area contributed by atoms with Crippen LogP contribution in [0, 0.1) is 10.1 Å². The first-order chi connectivity index (χ1) is 12.7. The number of nitro groups is 1. The molecular weight excluding hydrogens is 376 g/mol. The van der Waals surface area contributed by atoms with Gasteiger partial charge in [-0.05, 0) is 36.4 Å². The highest BCUT2D eigenvalue weighted by atomic mass is 32.2. The van der Waals surface area contributed by atoms with Gasteiger partial charge in [0.05, 0.1) is 16.9 Å². The van der Waals surface area contributed by atoms with Crippen LogP contribution in [0.4, 0.5) is 17.1 Å². The first kappa shape index (κ1) is 20.1. The number of amides is 1. The SMILES string of the molecule is COc1ccc(NC(=O)CCNc2ccc(S(N)(=O)=O)cc2[N+](=O)[O-])cc1. The average Bonchev–Trinajstić information content (AvgIpc) is 2.61. The highest BCUT2D eigenvalue weighted by Crippen LogP contribution is 2.27. The molecule has 0 atom stereocenters. The number of nitrogens with two attached hydrogens (primary N) is 1. The zero-order valence-electron chi connectivity index (χ0n) is 14.3. The van der Waals surface area contributed by atoms with Gasteiger partial charge in [0.1, 0.15) is 11.4 Å². The number of primary sulfonamides is 1.